The third-order valence-electron chi connectivity index (χ3n) is 5.25. The number of hydrogen-bond acceptors (Lipinski definition) is 3. The van der Waals surface area contributed by atoms with Crippen molar-refractivity contribution < 1.29 is 4.74 Å². The van der Waals surface area contributed by atoms with Gasteiger partial charge in [-0.15, -0.1) is 0 Å². The molecule has 6 nitrogen and oxygen atoms in total. The zero-order valence-corrected chi connectivity index (χ0v) is 18.3. The third kappa shape index (κ3) is 6.11. The van der Waals surface area contributed by atoms with Crippen molar-refractivity contribution in [1.29, 1.82) is 0 Å². The summed E-state index contributed by atoms with van der Waals surface area (Å²) < 4.78 is 7.56. The van der Waals surface area contributed by atoms with Crippen LogP contribution in [0.5, 0.6) is 0 Å². The fourth-order valence-electron chi connectivity index (χ4n) is 3.65. The van der Waals surface area contributed by atoms with Gasteiger partial charge in [-0.2, -0.15) is 5.10 Å². The van der Waals surface area contributed by atoms with Gasteiger partial charge in [-0.3, -0.25) is 9.67 Å². The van der Waals surface area contributed by atoms with Crippen LogP contribution in [0, 0.1) is 0 Å². The van der Waals surface area contributed by atoms with Crippen molar-refractivity contribution in [3.05, 3.63) is 52.3 Å². The zero-order valence-electron chi connectivity index (χ0n) is 16.8. The van der Waals surface area contributed by atoms with Gasteiger partial charge in [0.1, 0.15) is 0 Å². The first kappa shape index (κ1) is 21.9. The summed E-state index contributed by atoms with van der Waals surface area (Å²) >= 11 is 12.7. The van der Waals surface area contributed by atoms with Gasteiger partial charge in [-0.25, -0.2) is 0 Å². The smallest absolute Gasteiger partial charge is 0.191 e. The first-order chi connectivity index (χ1) is 14.1. The maximum atomic E-state index is 6.57. The Kier molecular flexibility index (Phi) is 8.21. The molecule has 1 aromatic carbocycles. The van der Waals surface area contributed by atoms with Crippen LogP contribution < -0.4 is 10.6 Å². The molecule has 2 N–H and O–H groups in total. The van der Waals surface area contributed by atoms with Gasteiger partial charge in [-0.05, 0) is 49.9 Å². The van der Waals surface area contributed by atoms with E-state index in [1.54, 1.807) is 6.20 Å². The summed E-state index contributed by atoms with van der Waals surface area (Å²) in [4.78, 5) is 4.91. The van der Waals surface area contributed by atoms with Crippen molar-refractivity contribution in [3.63, 3.8) is 0 Å². The fraction of sp³-hybridized carbons (Fsp3) is 0.524. The molecule has 1 aliphatic rings. The van der Waals surface area contributed by atoms with E-state index >= 15 is 0 Å². The lowest BCUT2D eigenvalue weighted by Gasteiger charge is -2.37. The maximum absolute atomic E-state index is 6.57. The van der Waals surface area contributed by atoms with Crippen LogP contribution in [-0.4, -0.2) is 48.6 Å². The van der Waals surface area contributed by atoms with Crippen LogP contribution in [0.1, 0.15) is 31.7 Å². The Labute approximate surface area is 182 Å². The van der Waals surface area contributed by atoms with Crippen LogP contribution in [0.2, 0.25) is 10.0 Å². The minimum atomic E-state index is -0.142. The molecule has 2 heterocycles. The number of ether oxygens (including phenoxy) is 1. The second-order valence-corrected chi connectivity index (χ2v) is 8.11. The molecule has 0 aliphatic carbocycles. The molecule has 0 saturated carbocycles. The number of aryl methyl sites for hydroxylation is 1. The lowest BCUT2D eigenvalue weighted by atomic mass is 9.74. The molecule has 1 fully saturated rings. The number of nitrogens with zero attached hydrogens (tertiary/aromatic N) is 3. The molecular formula is C21H29Cl2N5O. The summed E-state index contributed by atoms with van der Waals surface area (Å²) in [5.41, 5.74) is 0.960. The SMILES string of the molecule is CCNC(=NCC1(c2ccc(Cl)cc2Cl)CCOCC1)NCCCn1cccn1. The molecule has 0 amide bonds. The number of aromatic nitrogens is 2. The highest BCUT2D eigenvalue weighted by Gasteiger charge is 2.36. The molecule has 29 heavy (non-hydrogen) atoms. The first-order valence-corrected chi connectivity index (χ1v) is 10.9. The van der Waals surface area contributed by atoms with Crippen LogP contribution in [0.3, 0.4) is 0 Å². The minimum Gasteiger partial charge on any atom is -0.381 e. The van der Waals surface area contributed by atoms with Gasteiger partial charge in [0.25, 0.3) is 0 Å². The summed E-state index contributed by atoms with van der Waals surface area (Å²) in [6.07, 6.45) is 6.51. The van der Waals surface area contributed by atoms with Crippen molar-refractivity contribution in [1.82, 2.24) is 20.4 Å². The number of rotatable bonds is 8. The average Bonchev–Trinajstić information content (AvgIpc) is 3.23. The highest BCUT2D eigenvalue weighted by atomic mass is 35.5. The third-order valence-corrected chi connectivity index (χ3v) is 5.80. The largest absolute Gasteiger partial charge is 0.381 e. The molecule has 0 atom stereocenters. The van der Waals surface area contributed by atoms with Crippen LogP contribution >= 0.6 is 23.2 Å². The number of halogens is 2. The Hall–Kier alpha value is -1.76. The lowest BCUT2D eigenvalue weighted by Crippen LogP contribution is -2.41. The predicted octanol–water partition coefficient (Wildman–Crippen LogP) is 3.88. The van der Waals surface area contributed by atoms with Crippen LogP contribution in [-0.2, 0) is 16.7 Å². The zero-order chi connectivity index (χ0) is 20.5. The molecular weight excluding hydrogens is 409 g/mol. The van der Waals surface area contributed by atoms with E-state index in [9.17, 15) is 0 Å². The second-order valence-electron chi connectivity index (χ2n) is 7.26. The fourth-order valence-corrected chi connectivity index (χ4v) is 4.26. The van der Waals surface area contributed by atoms with Crippen LogP contribution in [0.4, 0.5) is 0 Å². The normalized spacial score (nSPS) is 16.6. The van der Waals surface area contributed by atoms with Crippen molar-refractivity contribution >= 4 is 29.2 Å². The summed E-state index contributed by atoms with van der Waals surface area (Å²) in [5, 5.41) is 12.4. The van der Waals surface area contributed by atoms with Crippen molar-refractivity contribution in [2.45, 2.75) is 38.1 Å². The Balaban J connectivity index is 1.67. The molecule has 8 heteroatoms. The molecule has 0 spiro atoms. The molecule has 3 rings (SSSR count). The van der Waals surface area contributed by atoms with Crippen LogP contribution in [0.15, 0.2) is 41.7 Å². The summed E-state index contributed by atoms with van der Waals surface area (Å²) in [6.45, 7) is 6.64. The van der Waals surface area contributed by atoms with Gasteiger partial charge in [0.05, 0.1) is 6.54 Å². The highest BCUT2D eigenvalue weighted by molar-refractivity contribution is 6.35. The Morgan fingerprint density at radius 2 is 2.10 bits per heavy atom. The minimum absolute atomic E-state index is 0.142. The molecule has 0 radical (unpaired) electrons. The van der Waals surface area contributed by atoms with Crippen molar-refractivity contribution in [2.24, 2.45) is 4.99 Å². The van der Waals surface area contributed by atoms with Crippen molar-refractivity contribution in [2.75, 3.05) is 32.8 Å². The topological polar surface area (TPSA) is 63.5 Å². The molecule has 2 aromatic rings. The Morgan fingerprint density at radius 1 is 1.28 bits per heavy atom. The van der Waals surface area contributed by atoms with E-state index in [1.165, 1.54) is 0 Å². The van der Waals surface area contributed by atoms with Gasteiger partial charge in [-0.1, -0.05) is 29.3 Å². The van der Waals surface area contributed by atoms with Crippen LogP contribution in [0.25, 0.3) is 0 Å². The average molecular weight is 438 g/mol. The molecule has 1 aromatic heterocycles. The first-order valence-electron chi connectivity index (χ1n) is 10.2. The number of nitrogens with one attached hydrogen (secondary N) is 2. The summed E-state index contributed by atoms with van der Waals surface area (Å²) in [7, 11) is 0. The number of hydrogen-bond donors (Lipinski definition) is 2. The summed E-state index contributed by atoms with van der Waals surface area (Å²) in [6, 6.07) is 7.70. The van der Waals surface area contributed by atoms with E-state index in [2.05, 4.69) is 22.7 Å². The maximum Gasteiger partial charge on any atom is 0.191 e. The second kappa shape index (κ2) is 10.9. The molecule has 158 valence electrons. The van der Waals surface area contributed by atoms with E-state index in [0.717, 1.165) is 50.4 Å². The quantitative estimate of drug-likeness (QED) is 0.373. The van der Waals surface area contributed by atoms with Gasteiger partial charge >= 0.3 is 0 Å². The molecule has 1 saturated heterocycles. The van der Waals surface area contributed by atoms with E-state index in [-0.39, 0.29) is 5.41 Å². The standard InChI is InChI=1S/C21H29Cl2N5O/c1-2-24-20(25-9-3-11-28-12-4-10-27-28)26-16-21(7-13-29-14-8-21)18-6-5-17(22)15-19(18)23/h4-6,10,12,15H,2-3,7-9,11,13-14,16H2,1H3,(H2,24,25,26). The number of guanidine groups is 1. The molecule has 0 bridgehead atoms. The lowest BCUT2D eigenvalue weighted by molar-refractivity contribution is 0.0531. The number of benzene rings is 1. The highest BCUT2D eigenvalue weighted by Crippen LogP contribution is 2.39. The van der Waals surface area contributed by atoms with E-state index in [1.807, 2.05) is 35.1 Å². The van der Waals surface area contributed by atoms with Gasteiger partial charge in [0.15, 0.2) is 5.96 Å². The number of aliphatic imine (C=N–C) groups is 1. The predicted molar refractivity (Wildman–Crippen MR) is 119 cm³/mol. The Bertz CT molecular complexity index is 788. The van der Waals surface area contributed by atoms with E-state index in [4.69, 9.17) is 32.9 Å². The van der Waals surface area contributed by atoms with Crippen molar-refractivity contribution in [3.8, 4) is 0 Å². The van der Waals surface area contributed by atoms with E-state index < -0.39 is 0 Å². The van der Waals surface area contributed by atoms with Gasteiger partial charge in [0, 0.05) is 60.7 Å². The molecule has 0 unspecified atom stereocenters. The summed E-state index contributed by atoms with van der Waals surface area (Å²) in [5.74, 6) is 0.823. The Morgan fingerprint density at radius 3 is 2.79 bits per heavy atom. The van der Waals surface area contributed by atoms with E-state index in [0.29, 0.717) is 29.8 Å². The monoisotopic (exact) mass is 437 g/mol. The van der Waals surface area contributed by atoms with Gasteiger partial charge < -0.3 is 15.4 Å². The van der Waals surface area contributed by atoms with Gasteiger partial charge in [0.2, 0.25) is 0 Å². The molecule has 1 aliphatic heterocycles.